The molecular weight excluding hydrogens is 323 g/mol. The Morgan fingerprint density at radius 2 is 2.04 bits per heavy atom. The van der Waals surface area contributed by atoms with Gasteiger partial charge in [-0.25, -0.2) is 9.40 Å². The number of pyridine rings is 1. The Kier molecular flexibility index (Phi) is 5.15. The van der Waals surface area contributed by atoms with Crippen LogP contribution in [0, 0.1) is 12.7 Å². The zero-order chi connectivity index (χ0) is 18.0. The lowest BCUT2D eigenvalue weighted by molar-refractivity contribution is -0.139. The molecule has 0 spiro atoms. The number of carbonyl (C=O) groups excluding carboxylic acids is 1. The molecule has 0 bridgehead atoms. The summed E-state index contributed by atoms with van der Waals surface area (Å²) in [5.74, 6) is -0.675. The van der Waals surface area contributed by atoms with E-state index >= 15 is 0 Å². The van der Waals surface area contributed by atoms with Crippen molar-refractivity contribution in [2.75, 3.05) is 45.8 Å². The van der Waals surface area contributed by atoms with Crippen LogP contribution in [0.1, 0.15) is 11.3 Å². The van der Waals surface area contributed by atoms with Gasteiger partial charge in [0.1, 0.15) is 5.82 Å². The third-order valence-electron chi connectivity index (χ3n) is 4.58. The molecule has 1 fully saturated rings. The van der Waals surface area contributed by atoms with E-state index in [1.807, 2.05) is 6.92 Å². The maximum absolute atomic E-state index is 13.8. The van der Waals surface area contributed by atoms with E-state index in [2.05, 4.69) is 27.4 Å². The number of rotatable bonds is 4. The summed E-state index contributed by atoms with van der Waals surface area (Å²) in [5.41, 5.74) is 6.31. The minimum atomic E-state index is -0.345. The molecule has 0 atom stereocenters. The average Bonchev–Trinajstić information content (AvgIpc) is 2.60. The minimum absolute atomic E-state index is 0.0951. The molecule has 0 amide bonds. The van der Waals surface area contributed by atoms with E-state index in [4.69, 9.17) is 4.74 Å². The molecule has 1 aliphatic rings. The van der Waals surface area contributed by atoms with E-state index in [-0.39, 0.29) is 18.2 Å². The number of fused-ring (bicyclic) bond motifs is 1. The predicted molar refractivity (Wildman–Crippen MR) is 94.9 cm³/mol. The number of nitrogens with one attached hydrogen (secondary N) is 1. The fourth-order valence-electron chi connectivity index (χ4n) is 3.03. The Labute approximate surface area is 146 Å². The molecule has 0 unspecified atom stereocenters. The first-order valence-electron chi connectivity index (χ1n) is 8.33. The quantitative estimate of drug-likeness (QED) is 0.855. The highest BCUT2D eigenvalue weighted by Crippen LogP contribution is 2.30. The van der Waals surface area contributed by atoms with Gasteiger partial charge < -0.3 is 15.1 Å². The summed E-state index contributed by atoms with van der Waals surface area (Å²) >= 11 is 0. The summed E-state index contributed by atoms with van der Waals surface area (Å²) < 4.78 is 18.7. The maximum atomic E-state index is 13.8. The monoisotopic (exact) mass is 346 g/mol. The number of methoxy groups -OCH3 is 1. The molecule has 1 aromatic carbocycles. The number of hydrogen-bond donors (Lipinski definition) is 1. The van der Waals surface area contributed by atoms with Gasteiger partial charge >= 0.3 is 5.97 Å². The van der Waals surface area contributed by atoms with E-state index in [1.54, 1.807) is 6.07 Å². The highest BCUT2D eigenvalue weighted by atomic mass is 19.1. The normalized spacial score (nSPS) is 16.2. The fourth-order valence-corrected chi connectivity index (χ4v) is 3.03. The van der Waals surface area contributed by atoms with Crippen molar-refractivity contribution < 1.29 is 13.9 Å². The van der Waals surface area contributed by atoms with Gasteiger partial charge in [0, 0.05) is 42.8 Å². The summed E-state index contributed by atoms with van der Waals surface area (Å²) in [4.78, 5) is 18.6. The summed E-state index contributed by atoms with van der Waals surface area (Å²) in [6.07, 6.45) is 0.0951. The van der Waals surface area contributed by atoms with Gasteiger partial charge in [0.15, 0.2) is 0 Å². The third-order valence-corrected chi connectivity index (χ3v) is 4.58. The first-order chi connectivity index (χ1) is 12.0. The van der Waals surface area contributed by atoms with E-state index in [9.17, 15) is 9.18 Å². The lowest BCUT2D eigenvalue weighted by Crippen LogP contribution is -2.47. The second-order valence-corrected chi connectivity index (χ2v) is 6.37. The van der Waals surface area contributed by atoms with Crippen molar-refractivity contribution in [2.45, 2.75) is 13.3 Å². The van der Waals surface area contributed by atoms with Crippen LogP contribution in [0.15, 0.2) is 18.2 Å². The van der Waals surface area contributed by atoms with Gasteiger partial charge in [-0.05, 0) is 32.2 Å². The van der Waals surface area contributed by atoms with Crippen molar-refractivity contribution in [1.29, 1.82) is 0 Å². The fraction of sp³-hybridized carbons (Fsp3) is 0.444. The van der Waals surface area contributed by atoms with Crippen LogP contribution >= 0.6 is 0 Å². The molecule has 7 heteroatoms. The second-order valence-electron chi connectivity index (χ2n) is 6.37. The molecule has 2 heterocycles. The van der Waals surface area contributed by atoms with Crippen LogP contribution in [-0.4, -0.2) is 61.2 Å². The molecule has 1 saturated heterocycles. The van der Waals surface area contributed by atoms with Gasteiger partial charge in [0.2, 0.25) is 0 Å². The number of likely N-dealkylation sites (N-methyl/N-ethyl adjacent to an activating group) is 1. The molecule has 1 N–H and O–H groups in total. The average molecular weight is 346 g/mol. The lowest BCUT2D eigenvalue weighted by atomic mass is 10.0. The third kappa shape index (κ3) is 3.88. The highest BCUT2D eigenvalue weighted by Gasteiger charge is 2.20. The SMILES string of the molecule is COC(=O)Cc1c(C)nc2ccc(F)cc2c1NN1CCN(C)CC1. The van der Waals surface area contributed by atoms with Crippen molar-refractivity contribution in [3.63, 3.8) is 0 Å². The number of halogens is 1. The molecule has 2 aromatic rings. The van der Waals surface area contributed by atoms with Gasteiger partial charge in [0.25, 0.3) is 0 Å². The van der Waals surface area contributed by atoms with Crippen LogP contribution in [0.3, 0.4) is 0 Å². The number of esters is 1. The van der Waals surface area contributed by atoms with Crippen LogP contribution < -0.4 is 5.43 Å². The molecule has 0 radical (unpaired) electrons. The van der Waals surface area contributed by atoms with Gasteiger partial charge in [0.05, 0.1) is 24.7 Å². The number of aromatic nitrogens is 1. The summed E-state index contributed by atoms with van der Waals surface area (Å²) in [5, 5.41) is 2.77. The molecule has 6 nitrogen and oxygen atoms in total. The van der Waals surface area contributed by atoms with E-state index < -0.39 is 0 Å². The van der Waals surface area contributed by atoms with Crippen LogP contribution in [0.4, 0.5) is 10.1 Å². The number of benzene rings is 1. The largest absolute Gasteiger partial charge is 0.469 e. The first kappa shape index (κ1) is 17.6. The zero-order valence-corrected chi connectivity index (χ0v) is 14.8. The number of aryl methyl sites for hydroxylation is 1. The molecule has 0 saturated carbocycles. The van der Waals surface area contributed by atoms with Crippen molar-refractivity contribution >= 4 is 22.6 Å². The molecule has 0 aliphatic carbocycles. The number of hydrazine groups is 1. The van der Waals surface area contributed by atoms with Crippen LogP contribution in [0.25, 0.3) is 10.9 Å². The molecule has 134 valence electrons. The molecule has 3 rings (SSSR count). The van der Waals surface area contributed by atoms with Crippen LogP contribution in [-0.2, 0) is 16.0 Å². The molecule has 1 aliphatic heterocycles. The van der Waals surface area contributed by atoms with Crippen molar-refractivity contribution in [3.05, 3.63) is 35.3 Å². The Balaban J connectivity index is 2.05. The number of carbonyl (C=O) groups is 1. The standard InChI is InChI=1S/C18H23FN4O2/c1-12-14(11-17(24)25-3)18(21-23-8-6-22(2)7-9-23)15-10-13(19)4-5-16(15)20-12/h4-5,10H,6-9,11H2,1-3H3,(H,20,21). The lowest BCUT2D eigenvalue weighted by Gasteiger charge is -2.34. The molecule has 1 aromatic heterocycles. The van der Waals surface area contributed by atoms with Crippen LogP contribution in [0.5, 0.6) is 0 Å². The summed E-state index contributed by atoms with van der Waals surface area (Å²) in [7, 11) is 3.45. The maximum Gasteiger partial charge on any atom is 0.310 e. The minimum Gasteiger partial charge on any atom is -0.469 e. The van der Waals surface area contributed by atoms with Gasteiger partial charge in [-0.1, -0.05) is 0 Å². The van der Waals surface area contributed by atoms with Crippen molar-refractivity contribution in [1.82, 2.24) is 14.9 Å². The summed E-state index contributed by atoms with van der Waals surface area (Å²) in [6.45, 7) is 5.42. The van der Waals surface area contributed by atoms with Crippen LogP contribution in [0.2, 0.25) is 0 Å². The number of nitrogens with zero attached hydrogens (tertiary/aromatic N) is 3. The Morgan fingerprint density at radius 1 is 1.32 bits per heavy atom. The number of hydrogen-bond acceptors (Lipinski definition) is 6. The highest BCUT2D eigenvalue weighted by molar-refractivity contribution is 5.94. The second kappa shape index (κ2) is 7.33. The Morgan fingerprint density at radius 3 is 2.72 bits per heavy atom. The zero-order valence-electron chi connectivity index (χ0n) is 14.8. The number of piperazine rings is 1. The van der Waals surface area contributed by atoms with Gasteiger partial charge in [-0.3, -0.25) is 9.78 Å². The summed E-state index contributed by atoms with van der Waals surface area (Å²) in [6, 6.07) is 4.52. The number of anilines is 1. The molecule has 25 heavy (non-hydrogen) atoms. The van der Waals surface area contributed by atoms with E-state index in [0.29, 0.717) is 10.9 Å². The van der Waals surface area contributed by atoms with Crippen molar-refractivity contribution in [3.8, 4) is 0 Å². The van der Waals surface area contributed by atoms with Gasteiger partial charge in [-0.2, -0.15) is 0 Å². The van der Waals surface area contributed by atoms with Gasteiger partial charge in [-0.15, -0.1) is 0 Å². The number of ether oxygens (including phenoxy) is 1. The Bertz CT molecular complexity index is 788. The first-order valence-corrected chi connectivity index (χ1v) is 8.33. The van der Waals surface area contributed by atoms with Crippen molar-refractivity contribution in [2.24, 2.45) is 0 Å². The smallest absolute Gasteiger partial charge is 0.310 e. The molecular formula is C18H23FN4O2. The predicted octanol–water partition coefficient (Wildman–Crippen LogP) is 1.97. The van der Waals surface area contributed by atoms with E-state index in [0.717, 1.165) is 43.1 Å². The van der Waals surface area contributed by atoms with E-state index in [1.165, 1.54) is 19.2 Å². The Hall–Kier alpha value is -2.25. The topological polar surface area (TPSA) is 57.7 Å².